The zero-order valence-corrected chi connectivity index (χ0v) is 11.9. The number of benzene rings is 1. The van der Waals surface area contributed by atoms with E-state index in [0.717, 1.165) is 22.1 Å². The molecule has 5 heteroatoms. The molecule has 0 unspecified atom stereocenters. The van der Waals surface area contributed by atoms with Crippen LogP contribution in [0.25, 0.3) is 0 Å². The number of rotatable bonds is 5. The first-order valence-corrected chi connectivity index (χ1v) is 6.74. The topological polar surface area (TPSA) is 55.0 Å². The Morgan fingerprint density at radius 1 is 1.39 bits per heavy atom. The molecule has 0 fully saturated rings. The fourth-order valence-electron chi connectivity index (χ4n) is 1.55. The van der Waals surface area contributed by atoms with Crippen molar-refractivity contribution in [3.63, 3.8) is 0 Å². The molecule has 1 aromatic heterocycles. The van der Waals surface area contributed by atoms with E-state index in [2.05, 4.69) is 32.6 Å². The van der Waals surface area contributed by atoms with Crippen LogP contribution < -0.4 is 0 Å². The van der Waals surface area contributed by atoms with Gasteiger partial charge in [0.25, 0.3) is 0 Å². The lowest BCUT2D eigenvalue weighted by Crippen LogP contribution is -2.08. The van der Waals surface area contributed by atoms with E-state index in [1.54, 1.807) is 18.6 Å². The van der Waals surface area contributed by atoms with Crippen LogP contribution >= 0.6 is 22.6 Å². The summed E-state index contributed by atoms with van der Waals surface area (Å²) in [7, 11) is 0. The maximum absolute atomic E-state index is 11.8. The van der Waals surface area contributed by atoms with Crippen LogP contribution in [0.3, 0.4) is 0 Å². The zero-order chi connectivity index (χ0) is 12.8. The molecule has 0 aliphatic carbocycles. The molecular formula is C13H13IN2O2. The molecule has 1 heterocycles. The number of aromatic amines is 1. The molecule has 4 nitrogen and oxygen atoms in total. The van der Waals surface area contributed by atoms with Crippen LogP contribution in [0.15, 0.2) is 36.8 Å². The molecule has 1 aromatic carbocycles. The van der Waals surface area contributed by atoms with E-state index < -0.39 is 0 Å². The lowest BCUT2D eigenvalue weighted by molar-refractivity contribution is 0.0499. The van der Waals surface area contributed by atoms with Crippen LogP contribution in [-0.4, -0.2) is 22.5 Å². The SMILES string of the molecule is O=C(OCCCc1cnc[nH]1)c1ccccc1I. The van der Waals surface area contributed by atoms with E-state index in [4.69, 9.17) is 4.74 Å². The van der Waals surface area contributed by atoms with Crippen molar-refractivity contribution in [1.29, 1.82) is 0 Å². The quantitative estimate of drug-likeness (QED) is 0.509. The van der Waals surface area contributed by atoms with Gasteiger partial charge >= 0.3 is 5.97 Å². The van der Waals surface area contributed by atoms with Crippen LogP contribution in [0.4, 0.5) is 0 Å². The molecule has 0 atom stereocenters. The van der Waals surface area contributed by atoms with Gasteiger partial charge in [-0.15, -0.1) is 0 Å². The van der Waals surface area contributed by atoms with E-state index in [1.165, 1.54) is 0 Å². The van der Waals surface area contributed by atoms with E-state index in [0.29, 0.717) is 12.2 Å². The van der Waals surface area contributed by atoms with Crippen molar-refractivity contribution in [2.24, 2.45) is 0 Å². The van der Waals surface area contributed by atoms with Gasteiger partial charge in [-0.1, -0.05) is 12.1 Å². The van der Waals surface area contributed by atoms with E-state index in [-0.39, 0.29) is 5.97 Å². The normalized spacial score (nSPS) is 10.3. The molecule has 0 aliphatic heterocycles. The van der Waals surface area contributed by atoms with Gasteiger partial charge in [-0.05, 0) is 47.6 Å². The van der Waals surface area contributed by atoms with Gasteiger partial charge in [0.05, 0.1) is 18.5 Å². The number of nitrogens with one attached hydrogen (secondary N) is 1. The Morgan fingerprint density at radius 3 is 2.94 bits per heavy atom. The third-order valence-corrected chi connectivity index (χ3v) is 3.41. The fraction of sp³-hybridized carbons (Fsp3) is 0.231. The van der Waals surface area contributed by atoms with Crippen LogP contribution in [0.1, 0.15) is 22.5 Å². The van der Waals surface area contributed by atoms with Gasteiger partial charge < -0.3 is 9.72 Å². The van der Waals surface area contributed by atoms with Crippen molar-refractivity contribution >= 4 is 28.6 Å². The third kappa shape index (κ3) is 3.56. The van der Waals surface area contributed by atoms with E-state index in [1.807, 2.05) is 18.2 Å². The third-order valence-electron chi connectivity index (χ3n) is 2.47. The van der Waals surface area contributed by atoms with Crippen molar-refractivity contribution in [2.75, 3.05) is 6.61 Å². The maximum atomic E-state index is 11.8. The molecule has 0 spiro atoms. The highest BCUT2D eigenvalue weighted by Gasteiger charge is 2.09. The Kier molecular flexibility index (Phi) is 4.74. The van der Waals surface area contributed by atoms with Crippen molar-refractivity contribution in [3.05, 3.63) is 51.6 Å². The Balaban J connectivity index is 1.77. The highest BCUT2D eigenvalue weighted by Crippen LogP contribution is 2.12. The molecule has 18 heavy (non-hydrogen) atoms. The van der Waals surface area contributed by atoms with Crippen molar-refractivity contribution < 1.29 is 9.53 Å². The highest BCUT2D eigenvalue weighted by molar-refractivity contribution is 14.1. The number of halogens is 1. The van der Waals surface area contributed by atoms with Crippen LogP contribution in [0.5, 0.6) is 0 Å². The Labute approximate surface area is 119 Å². The number of aryl methyl sites for hydroxylation is 1. The van der Waals surface area contributed by atoms with Crippen LogP contribution in [0.2, 0.25) is 0 Å². The smallest absolute Gasteiger partial charge is 0.339 e. The molecule has 1 N–H and O–H groups in total. The molecular weight excluding hydrogens is 343 g/mol. The summed E-state index contributed by atoms with van der Waals surface area (Å²) >= 11 is 2.13. The van der Waals surface area contributed by atoms with Gasteiger partial charge in [-0.2, -0.15) is 0 Å². The maximum Gasteiger partial charge on any atom is 0.339 e. The summed E-state index contributed by atoms with van der Waals surface area (Å²) in [6.45, 7) is 0.419. The van der Waals surface area contributed by atoms with E-state index >= 15 is 0 Å². The van der Waals surface area contributed by atoms with Gasteiger partial charge in [0.2, 0.25) is 0 Å². The summed E-state index contributed by atoms with van der Waals surface area (Å²) in [5.74, 6) is -0.260. The van der Waals surface area contributed by atoms with Gasteiger partial charge in [0.15, 0.2) is 0 Å². The molecule has 0 saturated carbocycles. The summed E-state index contributed by atoms with van der Waals surface area (Å²) in [4.78, 5) is 18.7. The second kappa shape index (κ2) is 6.53. The minimum atomic E-state index is -0.260. The van der Waals surface area contributed by atoms with Crippen molar-refractivity contribution in [3.8, 4) is 0 Å². The number of imidazole rings is 1. The van der Waals surface area contributed by atoms with Crippen molar-refractivity contribution in [2.45, 2.75) is 12.8 Å². The lowest BCUT2D eigenvalue weighted by Gasteiger charge is -2.05. The standard InChI is InChI=1S/C13H13IN2O2/c14-12-6-2-1-5-11(12)13(17)18-7-3-4-10-8-15-9-16-10/h1-2,5-6,8-9H,3-4,7H2,(H,15,16). The highest BCUT2D eigenvalue weighted by atomic mass is 127. The molecule has 0 aliphatic rings. The first-order chi connectivity index (χ1) is 8.77. The average molecular weight is 356 g/mol. The average Bonchev–Trinajstić information content (AvgIpc) is 2.88. The number of aromatic nitrogens is 2. The second-order valence-corrected chi connectivity index (χ2v) is 4.96. The summed E-state index contributed by atoms with van der Waals surface area (Å²) in [5, 5.41) is 0. The molecule has 0 amide bonds. The zero-order valence-electron chi connectivity index (χ0n) is 9.73. The predicted octanol–water partition coefficient (Wildman–Crippen LogP) is 2.80. The fourth-order valence-corrected chi connectivity index (χ4v) is 2.16. The number of nitrogens with zero attached hydrogens (tertiary/aromatic N) is 1. The molecule has 2 aromatic rings. The van der Waals surface area contributed by atoms with Gasteiger partial charge in [-0.3, -0.25) is 0 Å². The number of carbonyl (C=O) groups is 1. The molecule has 2 rings (SSSR count). The summed E-state index contributed by atoms with van der Waals surface area (Å²) in [6.07, 6.45) is 5.05. The first-order valence-electron chi connectivity index (χ1n) is 5.66. The van der Waals surface area contributed by atoms with Crippen LogP contribution in [0, 0.1) is 3.57 Å². The number of hydrogen-bond acceptors (Lipinski definition) is 3. The molecule has 0 radical (unpaired) electrons. The first kappa shape index (κ1) is 13.1. The minimum Gasteiger partial charge on any atom is -0.462 e. The van der Waals surface area contributed by atoms with Crippen molar-refractivity contribution in [1.82, 2.24) is 9.97 Å². The predicted molar refractivity (Wildman–Crippen MR) is 76.4 cm³/mol. The summed E-state index contributed by atoms with van der Waals surface area (Å²) in [6, 6.07) is 7.40. The second-order valence-electron chi connectivity index (χ2n) is 3.80. The Morgan fingerprint density at radius 2 is 2.22 bits per heavy atom. The molecule has 0 saturated heterocycles. The monoisotopic (exact) mass is 356 g/mol. The molecule has 94 valence electrons. The number of esters is 1. The van der Waals surface area contributed by atoms with Gasteiger partial charge in [0.1, 0.15) is 0 Å². The van der Waals surface area contributed by atoms with Gasteiger partial charge in [-0.25, -0.2) is 9.78 Å². The lowest BCUT2D eigenvalue weighted by atomic mass is 10.2. The number of carbonyl (C=O) groups excluding carboxylic acids is 1. The van der Waals surface area contributed by atoms with Crippen LogP contribution in [-0.2, 0) is 11.2 Å². The van der Waals surface area contributed by atoms with E-state index in [9.17, 15) is 4.79 Å². The minimum absolute atomic E-state index is 0.260. The Hall–Kier alpha value is -1.37. The number of ether oxygens (including phenoxy) is 1. The van der Waals surface area contributed by atoms with Gasteiger partial charge in [0, 0.05) is 15.5 Å². The Bertz CT molecular complexity index is 511. The number of H-pyrrole nitrogens is 1. The number of hydrogen-bond donors (Lipinski definition) is 1. The largest absolute Gasteiger partial charge is 0.462 e. The summed E-state index contributed by atoms with van der Waals surface area (Å²) < 4.78 is 6.14. The molecule has 0 bridgehead atoms. The summed E-state index contributed by atoms with van der Waals surface area (Å²) in [5.41, 5.74) is 1.68.